The molecular formula is C6H9O2. The molecule has 0 bridgehead atoms. The van der Waals surface area contributed by atoms with Crippen molar-refractivity contribution in [3.63, 3.8) is 0 Å². The van der Waals surface area contributed by atoms with Crippen LogP contribution in [0.4, 0.5) is 0 Å². The first-order valence-electron chi connectivity index (χ1n) is 2.73. The van der Waals surface area contributed by atoms with Gasteiger partial charge >= 0.3 is 0 Å². The van der Waals surface area contributed by atoms with E-state index in [4.69, 9.17) is 4.74 Å². The molecule has 0 aliphatic carbocycles. The average Bonchev–Trinajstić information content (AvgIpc) is 2.45. The summed E-state index contributed by atoms with van der Waals surface area (Å²) in [5, 5.41) is 10.7. The summed E-state index contributed by atoms with van der Waals surface area (Å²) in [6.45, 7) is 4.11. The Bertz CT molecular complexity index is 86.5. The molecule has 1 rings (SSSR count). The molecule has 8 heavy (non-hydrogen) atoms. The fraction of sp³-hybridized carbons (Fsp3) is 0.667. The van der Waals surface area contributed by atoms with E-state index in [0.717, 1.165) is 0 Å². The molecule has 1 saturated heterocycles. The van der Waals surface area contributed by atoms with E-state index in [-0.39, 0.29) is 6.10 Å². The summed E-state index contributed by atoms with van der Waals surface area (Å²) in [6.07, 6.45) is 1.60. The molecule has 1 fully saturated rings. The Balaban J connectivity index is 2.12. The normalized spacial score (nSPS) is 29.4. The van der Waals surface area contributed by atoms with Crippen LogP contribution in [0.5, 0.6) is 0 Å². The van der Waals surface area contributed by atoms with E-state index in [0.29, 0.717) is 13.0 Å². The number of hydrogen-bond donors (Lipinski definition) is 0. The zero-order valence-corrected chi connectivity index (χ0v) is 4.67. The van der Waals surface area contributed by atoms with Crippen molar-refractivity contribution in [1.82, 2.24) is 0 Å². The first-order valence-corrected chi connectivity index (χ1v) is 2.73. The van der Waals surface area contributed by atoms with Crippen molar-refractivity contribution < 1.29 is 9.84 Å². The Morgan fingerprint density at radius 2 is 2.62 bits per heavy atom. The van der Waals surface area contributed by atoms with Gasteiger partial charge in [-0.15, -0.1) is 6.58 Å². The van der Waals surface area contributed by atoms with Crippen molar-refractivity contribution in [2.24, 2.45) is 0 Å². The van der Waals surface area contributed by atoms with Crippen LogP contribution < -0.4 is 0 Å². The summed E-state index contributed by atoms with van der Waals surface area (Å²) >= 11 is 0. The van der Waals surface area contributed by atoms with Gasteiger partial charge in [-0.05, 0) is 6.42 Å². The van der Waals surface area contributed by atoms with Gasteiger partial charge in [-0.1, -0.05) is 6.08 Å². The molecule has 1 heterocycles. The maximum Gasteiger partial charge on any atom is 0.125 e. The van der Waals surface area contributed by atoms with Crippen LogP contribution in [0.1, 0.15) is 6.42 Å². The van der Waals surface area contributed by atoms with Crippen molar-refractivity contribution in [2.75, 3.05) is 6.61 Å². The Kier molecular flexibility index (Phi) is 1.65. The Morgan fingerprint density at radius 1 is 2.00 bits per heavy atom. The third-order valence-electron chi connectivity index (χ3n) is 1.17. The Morgan fingerprint density at radius 3 is 3.00 bits per heavy atom. The maximum atomic E-state index is 10.7. The largest absolute Gasteiger partial charge is 0.370 e. The van der Waals surface area contributed by atoms with Gasteiger partial charge in [0.25, 0.3) is 0 Å². The highest BCUT2D eigenvalue weighted by atomic mass is 16.6. The maximum absolute atomic E-state index is 10.7. The van der Waals surface area contributed by atoms with E-state index in [1.54, 1.807) is 6.08 Å². The smallest absolute Gasteiger partial charge is 0.125 e. The van der Waals surface area contributed by atoms with Gasteiger partial charge in [-0.3, -0.25) is 0 Å². The highest BCUT2D eigenvalue weighted by Crippen LogP contribution is 2.16. The van der Waals surface area contributed by atoms with Crippen molar-refractivity contribution in [3.05, 3.63) is 12.7 Å². The molecular weight excluding hydrogens is 104 g/mol. The molecule has 0 N–H and O–H groups in total. The molecule has 0 amide bonds. The van der Waals surface area contributed by atoms with Crippen LogP contribution in [0.2, 0.25) is 0 Å². The van der Waals surface area contributed by atoms with Crippen LogP contribution >= 0.6 is 0 Å². The summed E-state index contributed by atoms with van der Waals surface area (Å²) in [5.74, 6) is 0. The lowest BCUT2D eigenvalue weighted by Gasteiger charge is -1.95. The van der Waals surface area contributed by atoms with E-state index in [2.05, 4.69) is 6.58 Å². The number of hydrogen-bond acceptors (Lipinski definition) is 1. The third kappa shape index (κ3) is 1.32. The second-order valence-electron chi connectivity index (χ2n) is 1.93. The van der Waals surface area contributed by atoms with Gasteiger partial charge in [0.05, 0.1) is 6.61 Å². The molecule has 0 aromatic carbocycles. The quantitative estimate of drug-likeness (QED) is 0.393. The summed E-state index contributed by atoms with van der Waals surface area (Å²) < 4.78 is 4.76. The predicted molar refractivity (Wildman–Crippen MR) is 29.0 cm³/mol. The molecule has 0 spiro atoms. The summed E-state index contributed by atoms with van der Waals surface area (Å²) in [6, 6.07) is 0. The molecule has 1 aliphatic rings. The molecule has 2 nitrogen and oxygen atoms in total. The molecule has 1 aliphatic heterocycles. The van der Waals surface area contributed by atoms with E-state index in [1.165, 1.54) is 0 Å². The van der Waals surface area contributed by atoms with Gasteiger partial charge in [-0.2, -0.15) is 0 Å². The number of rotatable bonds is 3. The van der Waals surface area contributed by atoms with Crippen LogP contribution in [-0.2, 0) is 9.84 Å². The van der Waals surface area contributed by atoms with Crippen LogP contribution in [-0.4, -0.2) is 18.8 Å². The predicted octanol–water partition coefficient (Wildman–Crippen LogP) is 0.760. The first-order chi connectivity index (χ1) is 3.84. The van der Waals surface area contributed by atoms with Gasteiger partial charge in [0, 0.05) is 0 Å². The fourth-order valence-electron chi connectivity index (χ4n) is 0.586. The minimum absolute atomic E-state index is 0.00648. The molecule has 0 aromatic rings. The second kappa shape index (κ2) is 2.29. The third-order valence-corrected chi connectivity index (χ3v) is 1.17. The van der Waals surface area contributed by atoms with Crippen molar-refractivity contribution >= 4 is 0 Å². The average molecular weight is 113 g/mol. The SMILES string of the molecule is C=CCC([O])C1CO1. The van der Waals surface area contributed by atoms with Crippen molar-refractivity contribution in [2.45, 2.75) is 18.6 Å². The van der Waals surface area contributed by atoms with E-state index in [1.807, 2.05) is 0 Å². The van der Waals surface area contributed by atoms with E-state index < -0.39 is 6.10 Å². The highest BCUT2D eigenvalue weighted by Gasteiger charge is 2.31. The minimum Gasteiger partial charge on any atom is -0.370 e. The highest BCUT2D eigenvalue weighted by molar-refractivity contribution is 4.83. The van der Waals surface area contributed by atoms with Crippen LogP contribution in [0, 0.1) is 0 Å². The summed E-state index contributed by atoms with van der Waals surface area (Å²) in [4.78, 5) is 0. The molecule has 2 atom stereocenters. The zero-order chi connectivity index (χ0) is 5.98. The standard InChI is InChI=1S/C6H9O2/c1-2-3-5(7)6-4-8-6/h2,5-6H,1,3-4H2. The van der Waals surface area contributed by atoms with Crippen LogP contribution in [0.25, 0.3) is 0 Å². The number of ether oxygens (including phenoxy) is 1. The molecule has 45 valence electrons. The van der Waals surface area contributed by atoms with Gasteiger partial charge in [0.15, 0.2) is 0 Å². The lowest BCUT2D eigenvalue weighted by Crippen LogP contribution is -2.10. The topological polar surface area (TPSA) is 32.4 Å². The molecule has 0 aromatic heterocycles. The lowest BCUT2D eigenvalue weighted by molar-refractivity contribution is 0.0645. The molecule has 1 radical (unpaired) electrons. The Hall–Kier alpha value is -0.340. The number of epoxide rings is 1. The van der Waals surface area contributed by atoms with Crippen LogP contribution in [0.3, 0.4) is 0 Å². The Labute approximate surface area is 48.8 Å². The summed E-state index contributed by atoms with van der Waals surface area (Å²) in [5.41, 5.74) is 0. The van der Waals surface area contributed by atoms with Gasteiger partial charge in [0.1, 0.15) is 12.2 Å². The monoisotopic (exact) mass is 113 g/mol. The molecule has 0 saturated carbocycles. The molecule has 2 heteroatoms. The fourth-order valence-corrected chi connectivity index (χ4v) is 0.586. The van der Waals surface area contributed by atoms with E-state index >= 15 is 0 Å². The van der Waals surface area contributed by atoms with E-state index in [9.17, 15) is 5.11 Å². The summed E-state index contributed by atoms with van der Waals surface area (Å²) in [7, 11) is 0. The zero-order valence-electron chi connectivity index (χ0n) is 4.67. The van der Waals surface area contributed by atoms with Gasteiger partial charge < -0.3 is 4.74 Å². The second-order valence-corrected chi connectivity index (χ2v) is 1.93. The van der Waals surface area contributed by atoms with Gasteiger partial charge in [-0.25, -0.2) is 5.11 Å². The first kappa shape index (κ1) is 5.79. The van der Waals surface area contributed by atoms with Crippen molar-refractivity contribution in [1.29, 1.82) is 0 Å². The van der Waals surface area contributed by atoms with Crippen molar-refractivity contribution in [3.8, 4) is 0 Å². The van der Waals surface area contributed by atoms with Gasteiger partial charge in [0.2, 0.25) is 0 Å². The lowest BCUT2D eigenvalue weighted by atomic mass is 10.2. The molecule has 2 unspecified atom stereocenters. The van der Waals surface area contributed by atoms with Crippen LogP contribution in [0.15, 0.2) is 12.7 Å². The minimum atomic E-state index is -0.563.